The standard InChI is InChI=1S/C22H25ClN4O/c1-15(2)18-7-11-20(12-8-18)25-21-24-14-27(16(3)4)22(28)26(21)13-17-5-9-19(23)10-6-17/h5-12,14-16H,13H2,1-4H3. The lowest BCUT2D eigenvalue weighted by atomic mass is 10.0. The second kappa shape index (κ2) is 8.57. The topological polar surface area (TPSA) is 52.2 Å². The van der Waals surface area contributed by atoms with E-state index in [0.29, 0.717) is 23.1 Å². The molecule has 3 aromatic rings. The Morgan fingerprint density at radius 2 is 1.64 bits per heavy atom. The van der Waals surface area contributed by atoms with E-state index in [1.54, 1.807) is 15.5 Å². The van der Waals surface area contributed by atoms with Crippen LogP contribution in [-0.4, -0.2) is 14.1 Å². The van der Waals surface area contributed by atoms with Crippen molar-refractivity contribution in [1.29, 1.82) is 0 Å². The van der Waals surface area contributed by atoms with Crippen molar-refractivity contribution < 1.29 is 0 Å². The summed E-state index contributed by atoms with van der Waals surface area (Å²) in [6.45, 7) is 8.59. The third kappa shape index (κ3) is 4.60. The molecule has 28 heavy (non-hydrogen) atoms. The summed E-state index contributed by atoms with van der Waals surface area (Å²) in [5.41, 5.74) is 3.22. The van der Waals surface area contributed by atoms with Gasteiger partial charge in [-0.2, -0.15) is 0 Å². The number of nitrogens with zero attached hydrogens (tertiary/aromatic N) is 4. The van der Waals surface area contributed by atoms with Crippen LogP contribution >= 0.6 is 11.6 Å². The summed E-state index contributed by atoms with van der Waals surface area (Å²) in [6.07, 6.45) is 1.56. The fourth-order valence-electron chi connectivity index (χ4n) is 2.86. The minimum Gasteiger partial charge on any atom is -0.281 e. The van der Waals surface area contributed by atoms with Gasteiger partial charge in [0.05, 0.1) is 12.2 Å². The molecule has 0 fully saturated rings. The third-order valence-corrected chi connectivity index (χ3v) is 4.84. The van der Waals surface area contributed by atoms with Gasteiger partial charge >= 0.3 is 5.69 Å². The molecule has 0 bridgehead atoms. The Morgan fingerprint density at radius 1 is 1.00 bits per heavy atom. The molecule has 0 saturated heterocycles. The normalized spacial score (nSPS) is 12.2. The molecule has 0 radical (unpaired) electrons. The first-order chi connectivity index (χ1) is 13.3. The molecule has 0 spiro atoms. The van der Waals surface area contributed by atoms with Crippen LogP contribution in [0, 0.1) is 0 Å². The van der Waals surface area contributed by atoms with E-state index in [-0.39, 0.29) is 11.7 Å². The highest BCUT2D eigenvalue weighted by Gasteiger charge is 2.09. The second-order valence-corrected chi connectivity index (χ2v) is 7.84. The number of rotatable bonds is 5. The van der Waals surface area contributed by atoms with Gasteiger partial charge in [-0.3, -0.25) is 9.13 Å². The lowest BCUT2D eigenvalue weighted by Crippen LogP contribution is -2.42. The quantitative estimate of drug-likeness (QED) is 0.628. The maximum absolute atomic E-state index is 13.0. The van der Waals surface area contributed by atoms with Gasteiger partial charge in [0.2, 0.25) is 5.62 Å². The first-order valence-electron chi connectivity index (χ1n) is 9.42. The van der Waals surface area contributed by atoms with E-state index in [1.807, 2.05) is 50.2 Å². The Balaban J connectivity index is 2.10. The van der Waals surface area contributed by atoms with E-state index in [4.69, 9.17) is 11.6 Å². The molecule has 0 unspecified atom stereocenters. The van der Waals surface area contributed by atoms with Crippen molar-refractivity contribution >= 4 is 17.3 Å². The summed E-state index contributed by atoms with van der Waals surface area (Å²) in [6, 6.07) is 15.5. The zero-order chi connectivity index (χ0) is 20.3. The number of benzene rings is 2. The van der Waals surface area contributed by atoms with Crippen LogP contribution in [0.4, 0.5) is 5.69 Å². The molecule has 1 aromatic heterocycles. The molecule has 0 aliphatic heterocycles. The van der Waals surface area contributed by atoms with Crippen LogP contribution in [0.1, 0.15) is 50.8 Å². The molecule has 0 amide bonds. The van der Waals surface area contributed by atoms with Crippen LogP contribution in [0.15, 0.2) is 64.6 Å². The fraction of sp³-hybridized carbons (Fsp3) is 0.318. The third-order valence-electron chi connectivity index (χ3n) is 4.59. The minimum atomic E-state index is -0.141. The largest absolute Gasteiger partial charge is 0.332 e. The zero-order valence-electron chi connectivity index (χ0n) is 16.6. The molecule has 0 aliphatic rings. The second-order valence-electron chi connectivity index (χ2n) is 7.40. The summed E-state index contributed by atoms with van der Waals surface area (Å²) in [7, 11) is 0. The van der Waals surface area contributed by atoms with Crippen molar-refractivity contribution in [3.63, 3.8) is 0 Å². The Kier molecular flexibility index (Phi) is 6.15. The maximum Gasteiger partial charge on any atom is 0.332 e. The van der Waals surface area contributed by atoms with Crippen molar-refractivity contribution in [2.45, 2.75) is 46.2 Å². The molecule has 0 aliphatic carbocycles. The van der Waals surface area contributed by atoms with E-state index in [1.165, 1.54) is 5.56 Å². The minimum absolute atomic E-state index is 0.0100. The van der Waals surface area contributed by atoms with Crippen molar-refractivity contribution in [2.24, 2.45) is 4.99 Å². The summed E-state index contributed by atoms with van der Waals surface area (Å²) in [4.78, 5) is 22.1. The number of hydrogen-bond donors (Lipinski definition) is 0. The molecular weight excluding hydrogens is 372 g/mol. The van der Waals surface area contributed by atoms with Crippen LogP contribution in [-0.2, 0) is 6.54 Å². The van der Waals surface area contributed by atoms with Gasteiger partial charge in [0.25, 0.3) is 0 Å². The number of hydrogen-bond acceptors (Lipinski definition) is 3. The first kappa shape index (κ1) is 20.1. The average Bonchev–Trinajstić information content (AvgIpc) is 2.66. The van der Waals surface area contributed by atoms with Crippen LogP contribution in [0.2, 0.25) is 5.02 Å². The summed E-state index contributed by atoms with van der Waals surface area (Å²) in [5.74, 6) is 0.456. The highest BCUT2D eigenvalue weighted by Crippen LogP contribution is 2.18. The number of halogens is 1. The van der Waals surface area contributed by atoms with Crippen LogP contribution < -0.4 is 11.3 Å². The molecule has 0 atom stereocenters. The van der Waals surface area contributed by atoms with Gasteiger partial charge in [-0.05, 0) is 55.2 Å². The highest BCUT2D eigenvalue weighted by atomic mass is 35.5. The van der Waals surface area contributed by atoms with E-state index in [2.05, 4.69) is 36.0 Å². The Morgan fingerprint density at radius 3 is 2.21 bits per heavy atom. The van der Waals surface area contributed by atoms with Gasteiger partial charge in [0.15, 0.2) is 0 Å². The molecule has 0 N–H and O–H groups in total. The van der Waals surface area contributed by atoms with Crippen molar-refractivity contribution in [3.05, 3.63) is 87.1 Å². The maximum atomic E-state index is 13.0. The summed E-state index contributed by atoms with van der Waals surface area (Å²) in [5, 5.41) is 0.662. The molecule has 1 heterocycles. The van der Waals surface area contributed by atoms with Gasteiger partial charge in [0.1, 0.15) is 6.33 Å². The van der Waals surface area contributed by atoms with Gasteiger partial charge in [-0.15, -0.1) is 0 Å². The predicted molar refractivity (Wildman–Crippen MR) is 113 cm³/mol. The van der Waals surface area contributed by atoms with Crippen LogP contribution in [0.5, 0.6) is 0 Å². The lowest BCUT2D eigenvalue weighted by molar-refractivity contribution is 0.496. The SMILES string of the molecule is CC(C)c1ccc(N=c2ncn(C(C)C)c(=O)n2Cc2ccc(Cl)cc2)cc1. The zero-order valence-corrected chi connectivity index (χ0v) is 17.4. The van der Waals surface area contributed by atoms with E-state index < -0.39 is 0 Å². The Labute approximate surface area is 170 Å². The summed E-state index contributed by atoms with van der Waals surface area (Å²) >= 11 is 5.98. The van der Waals surface area contributed by atoms with E-state index in [9.17, 15) is 4.79 Å². The Bertz CT molecular complexity index is 1060. The highest BCUT2D eigenvalue weighted by molar-refractivity contribution is 6.30. The van der Waals surface area contributed by atoms with Crippen LogP contribution in [0.3, 0.4) is 0 Å². The van der Waals surface area contributed by atoms with E-state index in [0.717, 1.165) is 11.3 Å². The smallest absolute Gasteiger partial charge is 0.281 e. The van der Waals surface area contributed by atoms with Gasteiger partial charge < -0.3 is 0 Å². The summed E-state index contributed by atoms with van der Waals surface area (Å²) < 4.78 is 3.20. The fourth-order valence-corrected chi connectivity index (χ4v) is 2.99. The molecule has 5 nitrogen and oxygen atoms in total. The molecule has 146 valence electrons. The van der Waals surface area contributed by atoms with Crippen molar-refractivity contribution in [2.75, 3.05) is 0 Å². The molecule has 3 rings (SSSR count). The monoisotopic (exact) mass is 396 g/mol. The van der Waals surface area contributed by atoms with Crippen molar-refractivity contribution in [1.82, 2.24) is 14.1 Å². The lowest BCUT2D eigenvalue weighted by Gasteiger charge is -2.13. The van der Waals surface area contributed by atoms with Gasteiger partial charge in [0, 0.05) is 11.1 Å². The van der Waals surface area contributed by atoms with Gasteiger partial charge in [-0.25, -0.2) is 14.8 Å². The molecule has 6 heteroatoms. The van der Waals surface area contributed by atoms with Gasteiger partial charge in [-0.1, -0.05) is 49.7 Å². The molecule has 2 aromatic carbocycles. The van der Waals surface area contributed by atoms with Crippen LogP contribution in [0.25, 0.3) is 0 Å². The predicted octanol–water partition coefficient (Wildman–Crippen LogP) is 4.68. The average molecular weight is 397 g/mol. The molecule has 0 saturated carbocycles. The molecular formula is C22H25ClN4O. The first-order valence-corrected chi connectivity index (χ1v) is 9.80. The van der Waals surface area contributed by atoms with E-state index >= 15 is 0 Å². The Hall–Kier alpha value is -2.66. The number of aromatic nitrogens is 3. The van der Waals surface area contributed by atoms with Crippen molar-refractivity contribution in [3.8, 4) is 0 Å².